The highest BCUT2D eigenvalue weighted by Crippen LogP contribution is 2.23. The minimum absolute atomic E-state index is 0.0786. The van der Waals surface area contributed by atoms with Crippen LogP contribution in [0.15, 0.2) is 18.2 Å². The van der Waals surface area contributed by atoms with Gasteiger partial charge in [0, 0.05) is 19.6 Å². The van der Waals surface area contributed by atoms with Gasteiger partial charge in [-0.3, -0.25) is 9.69 Å². The fourth-order valence-electron chi connectivity index (χ4n) is 2.40. The van der Waals surface area contributed by atoms with E-state index in [2.05, 4.69) is 5.32 Å². The standard InChI is InChI=1S/C15H21FN2O2/c1-3-15(20)9-18(10-15)8-14(19)17-7-12-4-5-13(16)11(2)6-12/h4-6,20H,3,7-10H2,1-2H3,(H,17,19). The number of nitrogens with zero attached hydrogens (tertiary/aromatic N) is 1. The molecule has 0 unspecified atom stereocenters. The van der Waals surface area contributed by atoms with Crippen LogP contribution in [0.2, 0.25) is 0 Å². The maximum Gasteiger partial charge on any atom is 0.234 e. The molecule has 5 heteroatoms. The van der Waals surface area contributed by atoms with Gasteiger partial charge in [0.2, 0.25) is 5.91 Å². The van der Waals surface area contributed by atoms with Crippen molar-refractivity contribution in [3.8, 4) is 0 Å². The van der Waals surface area contributed by atoms with E-state index in [0.29, 0.717) is 38.2 Å². The molecule has 2 rings (SSSR count). The zero-order chi connectivity index (χ0) is 14.8. The Labute approximate surface area is 118 Å². The van der Waals surface area contributed by atoms with Gasteiger partial charge in [0.05, 0.1) is 12.1 Å². The average Bonchev–Trinajstić information content (AvgIpc) is 2.38. The van der Waals surface area contributed by atoms with Crippen molar-refractivity contribution in [1.29, 1.82) is 0 Å². The lowest BCUT2D eigenvalue weighted by molar-refractivity contribution is -0.133. The quantitative estimate of drug-likeness (QED) is 0.852. The summed E-state index contributed by atoms with van der Waals surface area (Å²) in [4.78, 5) is 13.7. The van der Waals surface area contributed by atoms with Crippen LogP contribution in [0, 0.1) is 12.7 Å². The number of amides is 1. The highest BCUT2D eigenvalue weighted by molar-refractivity contribution is 5.78. The molecule has 0 bridgehead atoms. The molecular formula is C15H21FN2O2. The molecule has 4 nitrogen and oxygen atoms in total. The Morgan fingerprint density at radius 2 is 2.20 bits per heavy atom. The van der Waals surface area contributed by atoms with E-state index in [1.807, 2.05) is 11.8 Å². The van der Waals surface area contributed by atoms with E-state index in [4.69, 9.17) is 0 Å². The van der Waals surface area contributed by atoms with Gasteiger partial charge >= 0.3 is 0 Å². The molecule has 1 amide bonds. The molecule has 1 aromatic rings. The van der Waals surface area contributed by atoms with Gasteiger partial charge in [-0.25, -0.2) is 4.39 Å². The van der Waals surface area contributed by atoms with E-state index in [0.717, 1.165) is 5.56 Å². The lowest BCUT2D eigenvalue weighted by Gasteiger charge is -2.45. The second-order valence-corrected chi connectivity index (χ2v) is 5.58. The molecule has 0 atom stereocenters. The number of likely N-dealkylation sites (tertiary alicyclic amines) is 1. The molecule has 1 aliphatic heterocycles. The van der Waals surface area contributed by atoms with Crippen LogP contribution in [0.1, 0.15) is 24.5 Å². The van der Waals surface area contributed by atoms with E-state index >= 15 is 0 Å². The molecule has 0 saturated carbocycles. The van der Waals surface area contributed by atoms with Gasteiger partial charge in [-0.15, -0.1) is 0 Å². The molecule has 0 spiro atoms. The van der Waals surface area contributed by atoms with Crippen LogP contribution in [0.4, 0.5) is 4.39 Å². The molecule has 1 heterocycles. The molecule has 1 fully saturated rings. The number of β-amino-alcohol motifs (C(OH)–C–C–N with tert-alkyl or cyclic N) is 1. The smallest absolute Gasteiger partial charge is 0.234 e. The second kappa shape index (κ2) is 5.89. The zero-order valence-corrected chi connectivity index (χ0v) is 11.9. The van der Waals surface area contributed by atoms with Crippen molar-refractivity contribution in [2.75, 3.05) is 19.6 Å². The van der Waals surface area contributed by atoms with E-state index in [9.17, 15) is 14.3 Å². The second-order valence-electron chi connectivity index (χ2n) is 5.58. The Hall–Kier alpha value is -1.46. The van der Waals surface area contributed by atoms with E-state index in [1.165, 1.54) is 6.07 Å². The summed E-state index contributed by atoms with van der Waals surface area (Å²) in [6.45, 7) is 5.42. The van der Waals surface area contributed by atoms with E-state index < -0.39 is 5.60 Å². The lowest BCUT2D eigenvalue weighted by atomic mass is 9.91. The predicted octanol–water partition coefficient (Wildman–Crippen LogP) is 1.21. The number of halogens is 1. The largest absolute Gasteiger partial charge is 0.387 e. The van der Waals surface area contributed by atoms with Gasteiger partial charge in [-0.1, -0.05) is 19.1 Å². The van der Waals surface area contributed by atoms with Crippen LogP contribution in [0.3, 0.4) is 0 Å². The fourth-order valence-corrected chi connectivity index (χ4v) is 2.40. The van der Waals surface area contributed by atoms with Gasteiger partial charge < -0.3 is 10.4 Å². The first-order chi connectivity index (χ1) is 9.42. The summed E-state index contributed by atoms with van der Waals surface area (Å²) in [7, 11) is 0. The topological polar surface area (TPSA) is 52.6 Å². The Morgan fingerprint density at radius 1 is 1.50 bits per heavy atom. The predicted molar refractivity (Wildman–Crippen MR) is 74.7 cm³/mol. The summed E-state index contributed by atoms with van der Waals surface area (Å²) in [5, 5.41) is 12.7. The van der Waals surface area contributed by atoms with E-state index in [-0.39, 0.29) is 11.7 Å². The minimum Gasteiger partial charge on any atom is -0.387 e. The van der Waals surface area contributed by atoms with Crippen molar-refractivity contribution in [3.05, 3.63) is 35.1 Å². The Morgan fingerprint density at radius 3 is 2.80 bits per heavy atom. The van der Waals surface area contributed by atoms with Gasteiger partial charge in [0.25, 0.3) is 0 Å². The molecule has 2 N–H and O–H groups in total. The van der Waals surface area contributed by atoms with Crippen LogP contribution >= 0.6 is 0 Å². The van der Waals surface area contributed by atoms with Crippen molar-refractivity contribution >= 4 is 5.91 Å². The average molecular weight is 280 g/mol. The summed E-state index contributed by atoms with van der Waals surface area (Å²) < 4.78 is 13.1. The first kappa shape index (κ1) is 14.9. The van der Waals surface area contributed by atoms with Crippen molar-refractivity contribution in [1.82, 2.24) is 10.2 Å². The van der Waals surface area contributed by atoms with Gasteiger partial charge in [0.1, 0.15) is 5.82 Å². The first-order valence-electron chi connectivity index (χ1n) is 6.88. The molecular weight excluding hydrogens is 259 g/mol. The zero-order valence-electron chi connectivity index (χ0n) is 11.9. The number of carbonyl (C=O) groups is 1. The number of aryl methyl sites for hydroxylation is 1. The van der Waals surface area contributed by atoms with Gasteiger partial charge in [-0.05, 0) is 30.5 Å². The van der Waals surface area contributed by atoms with Crippen molar-refractivity contribution in [3.63, 3.8) is 0 Å². The lowest BCUT2D eigenvalue weighted by Crippen LogP contribution is -2.62. The molecule has 0 aromatic heterocycles. The number of aliphatic hydroxyl groups is 1. The molecule has 1 aliphatic rings. The summed E-state index contributed by atoms with van der Waals surface area (Å²) >= 11 is 0. The molecule has 20 heavy (non-hydrogen) atoms. The summed E-state index contributed by atoms with van der Waals surface area (Å²) in [6, 6.07) is 4.81. The third-order valence-corrected chi connectivity index (χ3v) is 3.77. The number of hydrogen-bond acceptors (Lipinski definition) is 3. The molecule has 110 valence electrons. The van der Waals surface area contributed by atoms with Crippen LogP contribution in [-0.4, -0.2) is 41.1 Å². The summed E-state index contributed by atoms with van der Waals surface area (Å²) in [5.41, 5.74) is 0.840. The van der Waals surface area contributed by atoms with Crippen molar-refractivity contribution < 1.29 is 14.3 Å². The van der Waals surface area contributed by atoms with Crippen LogP contribution in [0.5, 0.6) is 0 Å². The Bertz CT molecular complexity index is 499. The maximum atomic E-state index is 13.1. The Balaban J connectivity index is 1.74. The molecule has 0 aliphatic carbocycles. The number of nitrogens with one attached hydrogen (secondary N) is 1. The van der Waals surface area contributed by atoms with Crippen molar-refractivity contribution in [2.45, 2.75) is 32.4 Å². The third-order valence-electron chi connectivity index (χ3n) is 3.77. The summed E-state index contributed by atoms with van der Waals surface area (Å²) in [5.74, 6) is -0.315. The Kier molecular flexibility index (Phi) is 4.40. The van der Waals surface area contributed by atoms with E-state index in [1.54, 1.807) is 19.1 Å². The van der Waals surface area contributed by atoms with Gasteiger partial charge in [0.15, 0.2) is 0 Å². The number of rotatable bonds is 5. The van der Waals surface area contributed by atoms with Gasteiger partial charge in [-0.2, -0.15) is 0 Å². The molecule has 0 radical (unpaired) electrons. The summed E-state index contributed by atoms with van der Waals surface area (Å²) in [6.07, 6.45) is 0.708. The van der Waals surface area contributed by atoms with Crippen LogP contribution < -0.4 is 5.32 Å². The van der Waals surface area contributed by atoms with Crippen LogP contribution in [0.25, 0.3) is 0 Å². The highest BCUT2D eigenvalue weighted by Gasteiger charge is 2.39. The SMILES string of the molecule is CCC1(O)CN(CC(=O)NCc2ccc(F)c(C)c2)C1. The minimum atomic E-state index is -0.617. The molecule has 1 saturated heterocycles. The van der Waals surface area contributed by atoms with Crippen LogP contribution in [-0.2, 0) is 11.3 Å². The molecule has 1 aromatic carbocycles. The maximum absolute atomic E-state index is 13.1. The number of benzene rings is 1. The third kappa shape index (κ3) is 3.55. The first-order valence-corrected chi connectivity index (χ1v) is 6.88. The van der Waals surface area contributed by atoms with Crippen molar-refractivity contribution in [2.24, 2.45) is 0 Å². The number of carbonyl (C=O) groups excluding carboxylic acids is 1. The normalized spacial score (nSPS) is 17.6. The number of hydrogen-bond donors (Lipinski definition) is 2. The monoisotopic (exact) mass is 280 g/mol. The highest BCUT2D eigenvalue weighted by atomic mass is 19.1. The fraction of sp³-hybridized carbons (Fsp3) is 0.533.